The molecule has 1 fully saturated rings. The first kappa shape index (κ1) is 13.9. The molecular formula is C16H23NO2. The number of nitrogens with zero attached hydrogens (tertiary/aromatic N) is 1. The third-order valence-corrected chi connectivity index (χ3v) is 3.86. The smallest absolute Gasteiger partial charge is 0.303 e. The van der Waals surface area contributed by atoms with Crippen LogP contribution in [-0.4, -0.2) is 24.2 Å². The molecule has 1 aromatic rings. The van der Waals surface area contributed by atoms with E-state index in [0.717, 1.165) is 32.4 Å². The fourth-order valence-corrected chi connectivity index (χ4v) is 3.00. The predicted molar refractivity (Wildman–Crippen MR) is 77.7 cm³/mol. The van der Waals surface area contributed by atoms with E-state index in [1.165, 1.54) is 16.8 Å². The summed E-state index contributed by atoms with van der Waals surface area (Å²) in [6, 6.07) is 6.65. The quantitative estimate of drug-likeness (QED) is 0.903. The number of carboxylic acids is 1. The summed E-state index contributed by atoms with van der Waals surface area (Å²) in [5.41, 5.74) is 3.88. The van der Waals surface area contributed by atoms with E-state index in [4.69, 9.17) is 5.11 Å². The zero-order valence-electron chi connectivity index (χ0n) is 11.9. The molecule has 1 aromatic carbocycles. The van der Waals surface area contributed by atoms with Crippen molar-refractivity contribution in [2.75, 3.05) is 18.0 Å². The topological polar surface area (TPSA) is 40.5 Å². The van der Waals surface area contributed by atoms with E-state index in [-0.39, 0.29) is 0 Å². The van der Waals surface area contributed by atoms with Crippen molar-refractivity contribution in [2.45, 2.75) is 39.5 Å². The zero-order chi connectivity index (χ0) is 13.8. The van der Waals surface area contributed by atoms with Gasteiger partial charge in [-0.05, 0) is 62.3 Å². The van der Waals surface area contributed by atoms with Crippen LogP contribution in [0.1, 0.15) is 36.8 Å². The Balaban J connectivity index is 2.02. The summed E-state index contributed by atoms with van der Waals surface area (Å²) in [5.74, 6) is -0.158. The average molecular weight is 261 g/mol. The van der Waals surface area contributed by atoms with Gasteiger partial charge < -0.3 is 10.0 Å². The number of rotatable bonds is 4. The minimum Gasteiger partial charge on any atom is -0.481 e. The fraction of sp³-hybridized carbons (Fsp3) is 0.562. The molecule has 1 aliphatic rings. The van der Waals surface area contributed by atoms with Crippen LogP contribution >= 0.6 is 0 Å². The van der Waals surface area contributed by atoms with Crippen molar-refractivity contribution in [1.29, 1.82) is 0 Å². The number of aryl methyl sites for hydroxylation is 2. The van der Waals surface area contributed by atoms with Crippen molar-refractivity contribution in [1.82, 2.24) is 0 Å². The minimum atomic E-state index is -0.677. The maximum atomic E-state index is 10.7. The van der Waals surface area contributed by atoms with Crippen LogP contribution in [0, 0.1) is 19.8 Å². The highest BCUT2D eigenvalue weighted by molar-refractivity contribution is 5.66. The van der Waals surface area contributed by atoms with E-state index in [1.54, 1.807) is 0 Å². The number of benzene rings is 1. The number of hydrogen-bond donors (Lipinski definition) is 1. The first-order valence-electron chi connectivity index (χ1n) is 7.09. The molecule has 104 valence electrons. The number of carboxylic acid groups (broad SMARTS) is 1. The molecular weight excluding hydrogens is 238 g/mol. The molecule has 0 radical (unpaired) electrons. The Morgan fingerprint density at radius 3 is 2.63 bits per heavy atom. The number of hydrogen-bond acceptors (Lipinski definition) is 2. The lowest BCUT2D eigenvalue weighted by Gasteiger charge is -2.34. The molecule has 2 rings (SSSR count). The SMILES string of the molecule is Cc1cc(C)cc(N2CCCC(CCC(=O)O)C2)c1. The van der Waals surface area contributed by atoms with Gasteiger partial charge in [-0.3, -0.25) is 4.79 Å². The Hall–Kier alpha value is -1.51. The number of piperidine rings is 1. The largest absolute Gasteiger partial charge is 0.481 e. The molecule has 19 heavy (non-hydrogen) atoms. The lowest BCUT2D eigenvalue weighted by Crippen LogP contribution is -2.35. The highest BCUT2D eigenvalue weighted by Crippen LogP contribution is 2.27. The van der Waals surface area contributed by atoms with Gasteiger partial charge in [0.2, 0.25) is 0 Å². The van der Waals surface area contributed by atoms with E-state index in [9.17, 15) is 4.79 Å². The van der Waals surface area contributed by atoms with Crippen LogP contribution in [0.5, 0.6) is 0 Å². The fourth-order valence-electron chi connectivity index (χ4n) is 3.00. The maximum absolute atomic E-state index is 10.7. The molecule has 1 atom stereocenters. The lowest BCUT2D eigenvalue weighted by atomic mass is 9.93. The van der Waals surface area contributed by atoms with Crippen molar-refractivity contribution in [2.24, 2.45) is 5.92 Å². The number of aliphatic carboxylic acids is 1. The molecule has 1 unspecified atom stereocenters. The van der Waals surface area contributed by atoms with Gasteiger partial charge in [-0.2, -0.15) is 0 Å². The molecule has 1 heterocycles. The van der Waals surface area contributed by atoms with Crippen LogP contribution in [0.4, 0.5) is 5.69 Å². The summed E-state index contributed by atoms with van der Waals surface area (Å²) in [7, 11) is 0. The van der Waals surface area contributed by atoms with Gasteiger partial charge in [-0.25, -0.2) is 0 Å². The summed E-state index contributed by atoms with van der Waals surface area (Å²) in [4.78, 5) is 13.1. The summed E-state index contributed by atoms with van der Waals surface area (Å²) in [6.45, 7) is 6.34. The monoisotopic (exact) mass is 261 g/mol. The van der Waals surface area contributed by atoms with E-state index >= 15 is 0 Å². The van der Waals surface area contributed by atoms with E-state index in [2.05, 4.69) is 36.9 Å². The summed E-state index contributed by atoms with van der Waals surface area (Å²) in [6.07, 6.45) is 3.42. The van der Waals surface area contributed by atoms with Crippen LogP contribution < -0.4 is 4.90 Å². The molecule has 1 aliphatic heterocycles. The van der Waals surface area contributed by atoms with Gasteiger partial charge in [0.1, 0.15) is 0 Å². The minimum absolute atomic E-state index is 0.297. The normalized spacial score (nSPS) is 19.5. The van der Waals surface area contributed by atoms with Crippen molar-refractivity contribution in [3.63, 3.8) is 0 Å². The zero-order valence-corrected chi connectivity index (χ0v) is 11.9. The predicted octanol–water partition coefficient (Wildman–Crippen LogP) is 3.38. The Morgan fingerprint density at radius 2 is 2.00 bits per heavy atom. The molecule has 1 N–H and O–H groups in total. The molecule has 0 spiro atoms. The lowest BCUT2D eigenvalue weighted by molar-refractivity contribution is -0.137. The van der Waals surface area contributed by atoms with Crippen LogP contribution in [0.3, 0.4) is 0 Å². The second-order valence-corrected chi connectivity index (χ2v) is 5.73. The summed E-state index contributed by atoms with van der Waals surface area (Å²) < 4.78 is 0. The molecule has 3 nitrogen and oxygen atoms in total. The molecule has 0 bridgehead atoms. The maximum Gasteiger partial charge on any atom is 0.303 e. The number of anilines is 1. The molecule has 0 aromatic heterocycles. The van der Waals surface area contributed by atoms with Crippen LogP contribution in [0.2, 0.25) is 0 Å². The van der Waals surface area contributed by atoms with E-state index < -0.39 is 5.97 Å². The van der Waals surface area contributed by atoms with Crippen LogP contribution in [0.15, 0.2) is 18.2 Å². The standard InChI is InChI=1S/C16H23NO2/c1-12-8-13(2)10-15(9-12)17-7-3-4-14(11-17)5-6-16(18)19/h8-10,14H,3-7,11H2,1-2H3,(H,18,19). The van der Waals surface area contributed by atoms with E-state index in [1.807, 2.05) is 0 Å². The van der Waals surface area contributed by atoms with Gasteiger partial charge in [0.15, 0.2) is 0 Å². The van der Waals surface area contributed by atoms with Crippen LogP contribution in [-0.2, 0) is 4.79 Å². The van der Waals surface area contributed by atoms with Gasteiger partial charge in [-0.15, -0.1) is 0 Å². The van der Waals surface area contributed by atoms with Crippen molar-refractivity contribution >= 4 is 11.7 Å². The highest BCUT2D eigenvalue weighted by Gasteiger charge is 2.21. The highest BCUT2D eigenvalue weighted by atomic mass is 16.4. The molecule has 1 saturated heterocycles. The average Bonchev–Trinajstić information content (AvgIpc) is 2.35. The Morgan fingerprint density at radius 1 is 1.32 bits per heavy atom. The van der Waals surface area contributed by atoms with Crippen molar-refractivity contribution < 1.29 is 9.90 Å². The second-order valence-electron chi connectivity index (χ2n) is 5.73. The van der Waals surface area contributed by atoms with Crippen molar-refractivity contribution in [3.8, 4) is 0 Å². The molecule has 0 aliphatic carbocycles. The molecule has 0 amide bonds. The first-order chi connectivity index (χ1) is 9.04. The van der Waals surface area contributed by atoms with E-state index in [0.29, 0.717) is 12.3 Å². The first-order valence-corrected chi connectivity index (χ1v) is 7.09. The van der Waals surface area contributed by atoms with Gasteiger partial charge in [0, 0.05) is 25.2 Å². The van der Waals surface area contributed by atoms with Gasteiger partial charge in [-0.1, -0.05) is 6.07 Å². The third-order valence-electron chi connectivity index (χ3n) is 3.86. The third kappa shape index (κ3) is 3.98. The van der Waals surface area contributed by atoms with Gasteiger partial charge in [0.25, 0.3) is 0 Å². The second kappa shape index (κ2) is 6.09. The van der Waals surface area contributed by atoms with Gasteiger partial charge >= 0.3 is 5.97 Å². The Kier molecular flexibility index (Phi) is 4.46. The summed E-state index contributed by atoms with van der Waals surface area (Å²) >= 11 is 0. The Labute approximate surface area is 115 Å². The molecule has 3 heteroatoms. The molecule has 0 saturated carbocycles. The summed E-state index contributed by atoms with van der Waals surface area (Å²) in [5, 5.41) is 8.79. The van der Waals surface area contributed by atoms with Gasteiger partial charge in [0.05, 0.1) is 0 Å². The van der Waals surface area contributed by atoms with Crippen LogP contribution in [0.25, 0.3) is 0 Å². The number of carbonyl (C=O) groups is 1. The van der Waals surface area contributed by atoms with Crippen molar-refractivity contribution in [3.05, 3.63) is 29.3 Å². The Bertz CT molecular complexity index is 436.